The smallest absolute Gasteiger partial charge is 0.457 e. The Bertz CT molecular complexity index is 5210. The molecule has 544 valence electrons. The van der Waals surface area contributed by atoms with Gasteiger partial charge in [0.25, 0.3) is 22.2 Å². The van der Waals surface area contributed by atoms with Gasteiger partial charge in [-0.1, -0.05) is 97.1 Å². The molecule has 0 radical (unpaired) electrons. The van der Waals surface area contributed by atoms with Crippen LogP contribution in [0.25, 0.3) is 110 Å². The number of benzene rings is 4. The van der Waals surface area contributed by atoms with Crippen LogP contribution in [-0.4, -0.2) is 58.1 Å². The van der Waals surface area contributed by atoms with Crippen molar-refractivity contribution in [3.63, 3.8) is 0 Å². The first-order valence-electron chi connectivity index (χ1n) is 29.1. The van der Waals surface area contributed by atoms with Gasteiger partial charge in [0.2, 0.25) is 0 Å². The number of fused-ring (bicyclic) bond motifs is 12. The Kier molecular flexibility index (Phi) is 32.8. The van der Waals surface area contributed by atoms with Gasteiger partial charge in [-0.15, -0.1) is 41.0 Å². The summed E-state index contributed by atoms with van der Waals surface area (Å²) >= 11 is 0. The molecule has 108 heavy (non-hydrogen) atoms. The van der Waals surface area contributed by atoms with Gasteiger partial charge in [-0.2, -0.15) is 0 Å². The third kappa shape index (κ3) is 26.3. The second-order valence-electron chi connectivity index (χ2n) is 20.7. The summed E-state index contributed by atoms with van der Waals surface area (Å²) in [7, 11) is -19.8. The quantitative estimate of drug-likeness (QED) is 0.0897. The molecule has 6 N–H and O–H groups in total. The van der Waals surface area contributed by atoms with E-state index in [1.54, 1.807) is 73.8 Å². The minimum atomic E-state index is -4.94. The van der Waals surface area contributed by atoms with Crippen LogP contribution in [0.15, 0.2) is 287 Å². The molecule has 40 heteroatoms. The van der Waals surface area contributed by atoms with E-state index in [2.05, 4.69) is 39.9 Å². The van der Waals surface area contributed by atoms with Crippen molar-refractivity contribution in [2.24, 2.45) is 0 Å². The van der Waals surface area contributed by atoms with Crippen LogP contribution in [0.2, 0.25) is 0 Å². The molecule has 12 aromatic heterocycles. The summed E-state index contributed by atoms with van der Waals surface area (Å²) in [5.41, 5.74) is 6.22. The van der Waals surface area contributed by atoms with Crippen molar-refractivity contribution in [3.8, 4) is 23.3 Å². The molecule has 0 aliphatic heterocycles. The summed E-state index contributed by atoms with van der Waals surface area (Å²) in [5.74, 6) is 2.41. The van der Waals surface area contributed by atoms with Crippen molar-refractivity contribution in [1.82, 2.24) is 58.1 Å². The Balaban J connectivity index is 0.000000235. The molecule has 0 saturated carbocycles. The zero-order valence-electron chi connectivity index (χ0n) is 55.0. The fourth-order valence-corrected chi connectivity index (χ4v) is 9.86. The van der Waals surface area contributed by atoms with E-state index in [0.29, 0.717) is 23.3 Å². The van der Waals surface area contributed by atoms with Crippen molar-refractivity contribution in [1.29, 1.82) is 0 Å². The molecule has 0 fully saturated rings. The summed E-state index contributed by atoms with van der Waals surface area (Å²) in [5, 5.41) is 8.18. The molecule has 0 aliphatic carbocycles. The van der Waals surface area contributed by atoms with Crippen molar-refractivity contribution in [2.75, 3.05) is 0 Å². The van der Waals surface area contributed by atoms with Gasteiger partial charge >= 0.3 is 54.6 Å². The Morgan fingerprint density at radius 3 is 0.537 bits per heavy atom. The molecule has 34 nitrogen and oxygen atoms in total. The molecule has 0 unspecified atom stereocenters. The number of nitrogens with zero attached hydrogens (tertiary/aromatic N) is 12. The average molecular weight is 1750 g/mol. The van der Waals surface area contributed by atoms with E-state index in [1.807, 2.05) is 170 Å². The molecule has 0 spiro atoms. The second kappa shape index (κ2) is 39.9. The minimum Gasteiger partial charge on any atom is -0.457 e. The van der Waals surface area contributed by atoms with Crippen molar-refractivity contribution in [2.45, 2.75) is 0 Å². The van der Waals surface area contributed by atoms with Crippen molar-refractivity contribution in [3.05, 3.63) is 309 Å². The normalized spacial score (nSPS) is 10.8. The third-order valence-electron chi connectivity index (χ3n) is 13.9. The Labute approximate surface area is 654 Å². The third-order valence-corrected chi connectivity index (χ3v) is 13.9. The van der Waals surface area contributed by atoms with Crippen LogP contribution in [0.3, 0.4) is 0 Å². The van der Waals surface area contributed by atoms with Crippen LogP contribution in [0.5, 0.6) is 0 Å². The molecular weight excluding hydrogens is 1700 g/mol. The standard InChI is InChI=1S/4C17H11N3O.2Cd.4ClHO4.2H2O/c4*21-15-5-1-2-11-20(15)14-9-8-13-7-6-12-4-3-10-18-16(12)17(13)19-14;;;4*2-1(3,4)5;;/h4*1-11H;;;4*(H,2,3,4,5);2*1H2/q;;;;2*+2;;;;;;/p-2. The van der Waals surface area contributed by atoms with E-state index in [1.165, 1.54) is 42.5 Å². The number of pyridine rings is 12. The van der Waals surface area contributed by atoms with E-state index in [9.17, 15) is 19.2 Å². The van der Waals surface area contributed by atoms with Crippen LogP contribution in [0, 0.1) is 41.0 Å². The molecule has 0 atom stereocenters. The molecule has 0 amide bonds. The Hall–Kier alpha value is -9.76. The number of rotatable bonds is 4. The average Bonchev–Trinajstić information content (AvgIpc) is 0.798. The topological polar surface area (TPSA) is 626 Å². The van der Waals surface area contributed by atoms with Crippen LogP contribution < -0.4 is 96.8 Å². The van der Waals surface area contributed by atoms with E-state index in [0.717, 1.165) is 87.2 Å². The van der Waals surface area contributed by atoms with Gasteiger partial charge in [-0.25, -0.2) is 94.5 Å². The maximum atomic E-state index is 11.9. The minimum absolute atomic E-state index is 0. The van der Waals surface area contributed by atoms with Crippen molar-refractivity contribution >= 4 is 87.2 Å². The fraction of sp³-hybridized carbons (Fsp3) is 0. The molecule has 0 aliphatic rings. The van der Waals surface area contributed by atoms with Gasteiger partial charge in [0, 0.05) is 117 Å². The van der Waals surface area contributed by atoms with E-state index in [4.69, 9.17) is 74.5 Å². The molecule has 16 aromatic rings. The zero-order chi connectivity index (χ0) is 74.9. The van der Waals surface area contributed by atoms with Crippen LogP contribution in [0.4, 0.5) is 0 Å². The number of halogens is 4. The predicted molar refractivity (Wildman–Crippen MR) is 340 cm³/mol. The molecule has 4 aromatic carbocycles. The predicted octanol–water partition coefficient (Wildman–Crippen LogP) is -9.14. The van der Waals surface area contributed by atoms with Crippen LogP contribution in [-0.2, 0) is 65.5 Å². The molecule has 12 heterocycles. The number of hydrogen-bond donors (Lipinski definition) is 0. The first kappa shape index (κ1) is 88.9. The Morgan fingerprint density at radius 1 is 0.213 bits per heavy atom. The van der Waals surface area contributed by atoms with Gasteiger partial charge in [-0.3, -0.25) is 57.4 Å². The number of aromatic nitrogens is 12. The van der Waals surface area contributed by atoms with Gasteiger partial charge in [0.15, 0.2) is 0 Å². The first-order chi connectivity index (χ1) is 49.3. The molecule has 0 bridgehead atoms. The maximum Gasteiger partial charge on any atom is 2.00 e. The van der Waals surface area contributed by atoms with Gasteiger partial charge in [0.05, 0.1) is 44.1 Å². The van der Waals surface area contributed by atoms with E-state index < -0.39 is 41.0 Å². The Morgan fingerprint density at radius 2 is 0.370 bits per heavy atom. The molecule has 16 rings (SSSR count). The maximum absolute atomic E-state index is 11.9. The van der Waals surface area contributed by atoms with Gasteiger partial charge < -0.3 is 11.0 Å². The van der Waals surface area contributed by atoms with E-state index >= 15 is 0 Å². The fourth-order valence-electron chi connectivity index (χ4n) is 9.86. The molecule has 0 saturated heterocycles. The SMILES string of the molecule is O=c1ccccn1-c1ccc2ccc3cccnc3c2n1.O=c1ccccn1-c1ccc2ccc3cccnc3c2n1.O=c1ccccn1-c1ccc2ccc3cccnc3c2n1.O=c1ccccn1-c1ccc2ccc3cccnc3c2n1.[Cd+2].[Cd+2].[O-][Cl+3]([O-])([O-])[O-].[O-][Cl+3]([O-])([O-])[O-].[O-][Cl+3]([O-])([O-])[O-].[O-][Cl+3]([O-])([O-])[O-].[OH3+].[OH3+]. The monoisotopic (exact) mass is 1750 g/mol. The second-order valence-corrected chi connectivity index (χ2v) is 23.7. The van der Waals surface area contributed by atoms with Crippen LogP contribution >= 0.6 is 0 Å². The van der Waals surface area contributed by atoms with E-state index in [-0.39, 0.29) is 87.8 Å². The number of hydrogen-bond acceptors (Lipinski definition) is 28. The largest absolute Gasteiger partial charge is 2.00 e. The van der Waals surface area contributed by atoms with Gasteiger partial charge in [0.1, 0.15) is 23.3 Å². The van der Waals surface area contributed by atoms with Crippen LogP contribution in [0.1, 0.15) is 0 Å². The first-order valence-corrected chi connectivity index (χ1v) is 34.0. The molecular formula is C68H50Cd2Cl4N12O22+2. The zero-order valence-corrected chi connectivity index (χ0v) is 66.1. The summed E-state index contributed by atoms with van der Waals surface area (Å²) in [6.45, 7) is 0. The van der Waals surface area contributed by atoms with Crippen molar-refractivity contribution < 1.29 is 181 Å². The van der Waals surface area contributed by atoms with Gasteiger partial charge in [-0.05, 0) is 97.1 Å². The summed E-state index contributed by atoms with van der Waals surface area (Å²) in [6, 6.07) is 67.3. The summed E-state index contributed by atoms with van der Waals surface area (Å²) < 4.78 is 142. The summed E-state index contributed by atoms with van der Waals surface area (Å²) in [4.78, 5) is 83.9. The summed E-state index contributed by atoms with van der Waals surface area (Å²) in [6.07, 6.45) is 13.9.